The Hall–Kier alpha value is -2.47. The van der Waals surface area contributed by atoms with Gasteiger partial charge in [-0.2, -0.15) is 4.98 Å². The van der Waals surface area contributed by atoms with Crippen LogP contribution in [0.4, 0.5) is 0 Å². The number of benzene rings is 1. The van der Waals surface area contributed by atoms with Crippen LogP contribution in [0.25, 0.3) is 11.5 Å². The van der Waals surface area contributed by atoms with Crippen molar-refractivity contribution in [1.82, 2.24) is 24.6 Å². The second-order valence-corrected chi connectivity index (χ2v) is 5.90. The summed E-state index contributed by atoms with van der Waals surface area (Å²) in [7, 11) is 0. The molecule has 6 heteroatoms. The highest BCUT2D eigenvalue weighted by molar-refractivity contribution is 5.51. The predicted molar refractivity (Wildman–Crippen MR) is 85.5 cm³/mol. The van der Waals surface area contributed by atoms with Gasteiger partial charge < -0.3 is 9.09 Å². The molecule has 0 saturated carbocycles. The zero-order valence-corrected chi connectivity index (χ0v) is 12.9. The molecule has 0 amide bonds. The van der Waals surface area contributed by atoms with Crippen molar-refractivity contribution in [3.8, 4) is 11.5 Å². The van der Waals surface area contributed by atoms with Gasteiger partial charge in [0, 0.05) is 37.1 Å². The molecule has 23 heavy (non-hydrogen) atoms. The maximum atomic E-state index is 5.37. The van der Waals surface area contributed by atoms with Gasteiger partial charge in [-0.05, 0) is 25.0 Å². The first-order chi connectivity index (χ1) is 11.4. The van der Waals surface area contributed by atoms with E-state index in [0.29, 0.717) is 11.9 Å². The molecular weight excluding hydrogens is 290 g/mol. The topological polar surface area (TPSA) is 60.0 Å². The van der Waals surface area contributed by atoms with Crippen molar-refractivity contribution in [1.29, 1.82) is 0 Å². The first-order valence-electron chi connectivity index (χ1n) is 7.96. The van der Waals surface area contributed by atoms with Crippen molar-refractivity contribution in [3.63, 3.8) is 0 Å². The summed E-state index contributed by atoms with van der Waals surface area (Å²) in [6.07, 6.45) is 8.05. The summed E-state index contributed by atoms with van der Waals surface area (Å²) in [5.41, 5.74) is 0.963. The number of hydrogen-bond acceptors (Lipinski definition) is 5. The number of nitrogens with zero attached hydrogens (tertiary/aromatic N) is 5. The van der Waals surface area contributed by atoms with Crippen LogP contribution in [-0.4, -0.2) is 37.7 Å². The molecule has 1 aliphatic rings. The number of likely N-dealkylation sites (tertiary alicyclic amines) is 1. The Bertz CT molecular complexity index is 729. The highest BCUT2D eigenvalue weighted by atomic mass is 16.5. The summed E-state index contributed by atoms with van der Waals surface area (Å²) in [5, 5.41) is 4.11. The van der Waals surface area contributed by atoms with Crippen molar-refractivity contribution in [2.24, 2.45) is 0 Å². The van der Waals surface area contributed by atoms with Gasteiger partial charge in [-0.1, -0.05) is 23.4 Å². The lowest BCUT2D eigenvalue weighted by Crippen LogP contribution is -2.34. The van der Waals surface area contributed by atoms with Gasteiger partial charge in [0.1, 0.15) is 0 Å². The standard InChI is InChI=1S/C17H19N5O/c1-2-4-14(5-3-1)17-19-16(20-23-17)12-21-9-6-15(7-10-21)22-11-8-18-13-22/h1-5,8,11,13,15H,6-7,9-10,12H2. The molecule has 4 rings (SSSR count). The van der Waals surface area contributed by atoms with E-state index in [9.17, 15) is 0 Å². The fraction of sp³-hybridized carbons (Fsp3) is 0.353. The van der Waals surface area contributed by atoms with Crippen LogP contribution < -0.4 is 0 Å². The second-order valence-electron chi connectivity index (χ2n) is 5.90. The average Bonchev–Trinajstić information content (AvgIpc) is 3.28. The van der Waals surface area contributed by atoms with Crippen LogP contribution in [-0.2, 0) is 6.54 Å². The van der Waals surface area contributed by atoms with Crippen molar-refractivity contribution in [2.75, 3.05) is 13.1 Å². The first kappa shape index (κ1) is 14.1. The highest BCUT2D eigenvalue weighted by Gasteiger charge is 2.21. The lowest BCUT2D eigenvalue weighted by Gasteiger charge is -2.31. The van der Waals surface area contributed by atoms with Gasteiger partial charge in [0.2, 0.25) is 0 Å². The fourth-order valence-electron chi connectivity index (χ4n) is 3.08. The Morgan fingerprint density at radius 1 is 1.13 bits per heavy atom. The minimum atomic E-state index is 0.555. The first-order valence-corrected chi connectivity index (χ1v) is 7.96. The van der Waals surface area contributed by atoms with Gasteiger partial charge in [0.15, 0.2) is 5.82 Å². The summed E-state index contributed by atoms with van der Waals surface area (Å²) in [6.45, 7) is 2.82. The van der Waals surface area contributed by atoms with E-state index in [1.54, 1.807) is 0 Å². The molecule has 0 atom stereocenters. The fourth-order valence-corrected chi connectivity index (χ4v) is 3.08. The van der Waals surface area contributed by atoms with Gasteiger partial charge in [0.25, 0.3) is 5.89 Å². The van der Waals surface area contributed by atoms with Crippen LogP contribution in [0, 0.1) is 0 Å². The number of piperidine rings is 1. The van der Waals surface area contributed by atoms with E-state index in [-0.39, 0.29) is 0 Å². The van der Waals surface area contributed by atoms with Crippen molar-refractivity contribution >= 4 is 0 Å². The third kappa shape index (κ3) is 3.17. The van der Waals surface area contributed by atoms with Crippen molar-refractivity contribution in [2.45, 2.75) is 25.4 Å². The third-order valence-corrected chi connectivity index (χ3v) is 4.36. The summed E-state index contributed by atoms with van der Waals surface area (Å²) >= 11 is 0. The molecule has 1 saturated heterocycles. The quantitative estimate of drug-likeness (QED) is 0.741. The molecular formula is C17H19N5O. The second kappa shape index (κ2) is 6.34. The summed E-state index contributed by atoms with van der Waals surface area (Å²) in [6, 6.07) is 10.4. The van der Waals surface area contributed by atoms with E-state index in [1.165, 1.54) is 0 Å². The molecule has 1 aliphatic heterocycles. The van der Waals surface area contributed by atoms with Crippen LogP contribution in [0.2, 0.25) is 0 Å². The van der Waals surface area contributed by atoms with Gasteiger partial charge in [0.05, 0.1) is 12.9 Å². The summed E-state index contributed by atoms with van der Waals surface area (Å²) < 4.78 is 7.58. The van der Waals surface area contributed by atoms with Crippen LogP contribution in [0.15, 0.2) is 53.6 Å². The Kier molecular flexibility index (Phi) is 3.90. The Morgan fingerprint density at radius 2 is 1.96 bits per heavy atom. The van der Waals surface area contributed by atoms with E-state index < -0.39 is 0 Å². The molecule has 3 heterocycles. The van der Waals surface area contributed by atoms with Crippen LogP contribution in [0.5, 0.6) is 0 Å². The van der Waals surface area contributed by atoms with E-state index in [2.05, 4.69) is 24.6 Å². The molecule has 0 bridgehead atoms. The molecule has 0 N–H and O–H groups in total. The maximum absolute atomic E-state index is 5.37. The number of rotatable bonds is 4. The molecule has 2 aromatic heterocycles. The number of hydrogen-bond donors (Lipinski definition) is 0. The van der Waals surface area contributed by atoms with Crippen molar-refractivity contribution < 1.29 is 4.52 Å². The van der Waals surface area contributed by atoms with E-state index >= 15 is 0 Å². The average molecular weight is 309 g/mol. The molecule has 118 valence electrons. The van der Waals surface area contributed by atoms with Crippen LogP contribution in [0.3, 0.4) is 0 Å². The van der Waals surface area contributed by atoms with Gasteiger partial charge in [-0.15, -0.1) is 0 Å². The maximum Gasteiger partial charge on any atom is 0.257 e. The zero-order valence-electron chi connectivity index (χ0n) is 12.9. The Labute approximate surface area is 134 Å². The normalized spacial score (nSPS) is 16.7. The molecule has 3 aromatic rings. The summed E-state index contributed by atoms with van der Waals surface area (Å²) in [5.74, 6) is 1.35. The van der Waals surface area contributed by atoms with Crippen molar-refractivity contribution in [3.05, 3.63) is 54.9 Å². The van der Waals surface area contributed by atoms with Gasteiger partial charge in [-0.25, -0.2) is 4.98 Å². The minimum Gasteiger partial charge on any atom is -0.334 e. The van der Waals surface area contributed by atoms with Crippen LogP contribution in [0.1, 0.15) is 24.7 Å². The van der Waals surface area contributed by atoms with E-state index in [1.807, 2.05) is 49.1 Å². The predicted octanol–water partition coefficient (Wildman–Crippen LogP) is 2.77. The lowest BCUT2D eigenvalue weighted by atomic mass is 10.1. The Balaban J connectivity index is 1.36. The third-order valence-electron chi connectivity index (χ3n) is 4.36. The molecule has 0 spiro atoms. The smallest absolute Gasteiger partial charge is 0.257 e. The van der Waals surface area contributed by atoms with Gasteiger partial charge in [-0.3, -0.25) is 4.90 Å². The zero-order chi connectivity index (χ0) is 15.5. The molecule has 0 unspecified atom stereocenters. The van der Waals surface area contributed by atoms with Crippen LogP contribution >= 0.6 is 0 Å². The van der Waals surface area contributed by atoms with Gasteiger partial charge >= 0.3 is 0 Å². The van der Waals surface area contributed by atoms with E-state index in [0.717, 1.165) is 43.9 Å². The minimum absolute atomic E-state index is 0.555. The number of imidazole rings is 1. The van der Waals surface area contributed by atoms with E-state index in [4.69, 9.17) is 4.52 Å². The molecule has 0 aliphatic carbocycles. The monoisotopic (exact) mass is 309 g/mol. The number of aromatic nitrogens is 4. The Morgan fingerprint density at radius 3 is 2.70 bits per heavy atom. The molecule has 1 fully saturated rings. The molecule has 6 nitrogen and oxygen atoms in total. The lowest BCUT2D eigenvalue weighted by molar-refractivity contribution is 0.174. The SMILES string of the molecule is c1ccc(-c2nc(CN3CCC(n4ccnc4)CC3)no2)cc1. The largest absolute Gasteiger partial charge is 0.334 e. The summed E-state index contributed by atoms with van der Waals surface area (Å²) in [4.78, 5) is 11.0. The molecule has 1 aromatic carbocycles. The highest BCUT2D eigenvalue weighted by Crippen LogP contribution is 2.23. The molecule has 0 radical (unpaired) electrons.